The first-order chi connectivity index (χ1) is 16.4. The van der Waals surface area contributed by atoms with E-state index in [0.717, 1.165) is 30.5 Å². The molecule has 2 saturated heterocycles. The molecular weight excluding hydrogens is 432 g/mol. The molecule has 2 bridgehead atoms. The van der Waals surface area contributed by atoms with Crippen molar-refractivity contribution in [2.45, 2.75) is 32.6 Å². The maximum absolute atomic E-state index is 13.3. The van der Waals surface area contributed by atoms with Gasteiger partial charge in [0.15, 0.2) is 5.75 Å². The van der Waals surface area contributed by atoms with Gasteiger partial charge in [0.2, 0.25) is 17.7 Å². The number of amides is 3. The summed E-state index contributed by atoms with van der Waals surface area (Å²) in [6.45, 7) is 2.19. The van der Waals surface area contributed by atoms with Gasteiger partial charge < -0.3 is 9.64 Å². The Morgan fingerprint density at radius 2 is 1.65 bits per heavy atom. The number of carbonyl (C=O) groups excluding carboxylic acids is 4. The lowest BCUT2D eigenvalue weighted by Crippen LogP contribution is -2.33. The van der Waals surface area contributed by atoms with Crippen LogP contribution in [-0.4, -0.2) is 30.2 Å². The molecule has 0 N–H and O–H groups in total. The summed E-state index contributed by atoms with van der Waals surface area (Å²) in [5, 5.41) is 0. The summed E-state index contributed by atoms with van der Waals surface area (Å²) in [5.74, 6) is -1.38. The predicted octanol–water partition coefficient (Wildman–Crippen LogP) is 3.49. The molecule has 0 unspecified atom stereocenters. The molecule has 2 aromatic rings. The molecule has 3 amide bonds. The van der Waals surface area contributed by atoms with Gasteiger partial charge in [-0.25, -0.2) is 4.90 Å². The second-order valence-electron chi connectivity index (χ2n) is 10.0. The van der Waals surface area contributed by atoms with Gasteiger partial charge in [-0.1, -0.05) is 24.3 Å². The summed E-state index contributed by atoms with van der Waals surface area (Å²) in [4.78, 5) is 55.0. The second-order valence-corrected chi connectivity index (χ2v) is 10.0. The van der Waals surface area contributed by atoms with Crippen LogP contribution in [0.5, 0.6) is 5.75 Å². The fraction of sp³-hybridized carbons (Fsp3) is 0.407. The molecule has 6 rings (SSSR count). The first-order valence-corrected chi connectivity index (χ1v) is 12.0. The van der Waals surface area contributed by atoms with E-state index in [9.17, 15) is 19.2 Å². The van der Waals surface area contributed by atoms with Gasteiger partial charge in [-0.15, -0.1) is 0 Å². The van der Waals surface area contributed by atoms with E-state index < -0.39 is 11.9 Å². The summed E-state index contributed by atoms with van der Waals surface area (Å²) >= 11 is 0. The highest BCUT2D eigenvalue weighted by atomic mass is 16.5. The molecule has 2 aliphatic carbocycles. The number of ether oxygens (including phenoxy) is 1. The lowest BCUT2D eigenvalue weighted by atomic mass is 9.81. The highest BCUT2D eigenvalue weighted by molar-refractivity contribution is 6.23. The maximum Gasteiger partial charge on any atom is 0.316 e. The van der Waals surface area contributed by atoms with Crippen LogP contribution in [-0.2, 0) is 19.2 Å². The van der Waals surface area contributed by atoms with E-state index in [-0.39, 0.29) is 60.1 Å². The Kier molecular flexibility index (Phi) is 4.83. The van der Waals surface area contributed by atoms with Crippen molar-refractivity contribution in [2.75, 3.05) is 16.3 Å². The van der Waals surface area contributed by atoms with Crippen LogP contribution in [0.25, 0.3) is 0 Å². The van der Waals surface area contributed by atoms with Crippen molar-refractivity contribution in [3.63, 3.8) is 0 Å². The van der Waals surface area contributed by atoms with Gasteiger partial charge in [0, 0.05) is 18.7 Å². The monoisotopic (exact) mass is 458 g/mol. The first-order valence-electron chi connectivity index (χ1n) is 12.0. The van der Waals surface area contributed by atoms with Crippen LogP contribution in [0.1, 0.15) is 31.2 Å². The number of hydrogen-bond donors (Lipinski definition) is 0. The Morgan fingerprint density at radius 1 is 0.941 bits per heavy atom. The largest absolute Gasteiger partial charge is 0.424 e. The number of carbonyl (C=O) groups is 4. The Morgan fingerprint density at radius 3 is 2.35 bits per heavy atom. The zero-order valence-electron chi connectivity index (χ0n) is 19.0. The minimum atomic E-state index is -0.624. The van der Waals surface area contributed by atoms with Gasteiger partial charge in [0.25, 0.3) is 0 Å². The van der Waals surface area contributed by atoms with Crippen LogP contribution in [0.3, 0.4) is 0 Å². The summed E-state index contributed by atoms with van der Waals surface area (Å²) in [5.41, 5.74) is 2.11. The number of hydrogen-bond acceptors (Lipinski definition) is 5. The van der Waals surface area contributed by atoms with E-state index in [1.807, 2.05) is 31.2 Å². The van der Waals surface area contributed by atoms with E-state index in [2.05, 4.69) is 0 Å². The standard InChI is InChI=1S/C27H26N2O5/c1-15-5-4-6-19(11-15)28-14-18(13-22(28)30)27(33)34-21-8-3-2-7-20(21)29-25(31)23-16-9-10-17(12-16)24(23)26(29)32/h2-8,11,16-18,23-24H,9-10,12-14H2,1H3/t16-,17+,18-,23-,24-/m0/s1. The summed E-state index contributed by atoms with van der Waals surface area (Å²) < 4.78 is 5.72. The van der Waals surface area contributed by atoms with E-state index in [0.29, 0.717) is 5.69 Å². The summed E-state index contributed by atoms with van der Waals surface area (Å²) in [6.07, 6.45) is 3.03. The Balaban J connectivity index is 1.22. The number of esters is 1. The van der Waals surface area contributed by atoms with E-state index in [1.165, 1.54) is 4.90 Å². The molecule has 2 aliphatic heterocycles. The maximum atomic E-state index is 13.3. The molecule has 4 aliphatic rings. The topological polar surface area (TPSA) is 84.0 Å². The van der Waals surface area contributed by atoms with Gasteiger partial charge in [-0.2, -0.15) is 0 Å². The molecule has 0 aromatic heterocycles. The number of imide groups is 1. The van der Waals surface area contributed by atoms with Crippen LogP contribution in [0.15, 0.2) is 48.5 Å². The van der Waals surface area contributed by atoms with Crippen molar-refractivity contribution in [1.29, 1.82) is 0 Å². The highest BCUT2D eigenvalue weighted by Gasteiger charge is 2.61. The lowest BCUT2D eigenvalue weighted by molar-refractivity contribution is -0.139. The highest BCUT2D eigenvalue weighted by Crippen LogP contribution is 2.57. The normalized spacial score (nSPS) is 29.8. The third-order valence-electron chi connectivity index (χ3n) is 8.02. The van der Waals surface area contributed by atoms with Crippen molar-refractivity contribution >= 4 is 35.1 Å². The number of fused-ring (bicyclic) bond motifs is 5. The van der Waals surface area contributed by atoms with Gasteiger partial charge in [0.05, 0.1) is 23.4 Å². The fourth-order valence-electron chi connectivity index (χ4n) is 6.48. The number of rotatable bonds is 4. The van der Waals surface area contributed by atoms with Crippen LogP contribution < -0.4 is 14.5 Å². The van der Waals surface area contributed by atoms with E-state index >= 15 is 0 Å². The molecule has 34 heavy (non-hydrogen) atoms. The zero-order valence-corrected chi connectivity index (χ0v) is 19.0. The molecular formula is C27H26N2O5. The van der Waals surface area contributed by atoms with Crippen molar-refractivity contribution in [1.82, 2.24) is 0 Å². The molecule has 0 spiro atoms. The minimum Gasteiger partial charge on any atom is -0.424 e. The molecule has 2 heterocycles. The number of benzene rings is 2. The summed E-state index contributed by atoms with van der Waals surface area (Å²) in [7, 11) is 0. The zero-order chi connectivity index (χ0) is 23.6. The second kappa shape index (κ2) is 7.79. The average molecular weight is 459 g/mol. The number of aryl methyl sites for hydroxylation is 1. The predicted molar refractivity (Wildman–Crippen MR) is 124 cm³/mol. The average Bonchev–Trinajstić information content (AvgIpc) is 3.58. The molecule has 0 radical (unpaired) electrons. The van der Waals surface area contributed by atoms with Crippen LogP contribution >= 0.6 is 0 Å². The third-order valence-corrected chi connectivity index (χ3v) is 8.02. The van der Waals surface area contributed by atoms with Crippen LogP contribution in [0, 0.1) is 36.5 Å². The van der Waals surface area contributed by atoms with Crippen molar-refractivity contribution in [3.8, 4) is 5.75 Å². The Hall–Kier alpha value is -3.48. The molecule has 5 atom stereocenters. The Bertz CT molecular complexity index is 1200. The third kappa shape index (κ3) is 3.17. The quantitative estimate of drug-likeness (QED) is 0.398. The lowest BCUT2D eigenvalue weighted by Gasteiger charge is -2.21. The van der Waals surface area contributed by atoms with Gasteiger partial charge in [-0.05, 0) is 67.9 Å². The Labute approximate surface area is 197 Å². The smallest absolute Gasteiger partial charge is 0.316 e. The molecule has 4 fully saturated rings. The van der Waals surface area contributed by atoms with Gasteiger partial charge >= 0.3 is 5.97 Å². The number of para-hydroxylation sites is 2. The molecule has 174 valence electrons. The SMILES string of the molecule is Cc1cccc(N2C[C@@H](C(=O)Oc3ccccc3N3C(=O)[C@H]4[C@@H]5CC[C@@H](C5)[C@@H]4C3=O)CC2=O)c1. The van der Waals surface area contributed by atoms with Crippen LogP contribution in [0.2, 0.25) is 0 Å². The van der Waals surface area contributed by atoms with E-state index in [4.69, 9.17) is 4.74 Å². The minimum absolute atomic E-state index is 0.0595. The van der Waals surface area contributed by atoms with E-state index in [1.54, 1.807) is 29.2 Å². The number of nitrogens with zero attached hydrogens (tertiary/aromatic N) is 2. The molecule has 7 heteroatoms. The van der Waals surface area contributed by atoms with Gasteiger partial charge in [-0.3, -0.25) is 19.2 Å². The first kappa shape index (κ1) is 21.1. The van der Waals surface area contributed by atoms with Crippen LogP contribution in [0.4, 0.5) is 11.4 Å². The number of anilines is 2. The van der Waals surface area contributed by atoms with Crippen molar-refractivity contribution < 1.29 is 23.9 Å². The fourth-order valence-corrected chi connectivity index (χ4v) is 6.48. The van der Waals surface area contributed by atoms with Crippen molar-refractivity contribution in [3.05, 3.63) is 54.1 Å². The molecule has 2 saturated carbocycles. The summed E-state index contributed by atoms with van der Waals surface area (Å²) in [6, 6.07) is 14.3. The van der Waals surface area contributed by atoms with Crippen molar-refractivity contribution in [2.24, 2.45) is 29.6 Å². The van der Waals surface area contributed by atoms with Gasteiger partial charge in [0.1, 0.15) is 0 Å². The molecule has 2 aromatic carbocycles. The molecule has 7 nitrogen and oxygen atoms in total.